The highest BCUT2D eigenvalue weighted by molar-refractivity contribution is 7.89. The average Bonchev–Trinajstić information content (AvgIpc) is 2.36. The Morgan fingerprint density at radius 3 is 2.05 bits per heavy atom. The largest absolute Gasteiger partial charge is 0.212 e. The van der Waals surface area contributed by atoms with E-state index in [0.29, 0.717) is 12.3 Å². The topological polar surface area (TPSA) is 46.2 Å². The predicted octanol–water partition coefficient (Wildman–Crippen LogP) is 3.59. The lowest BCUT2D eigenvalue weighted by atomic mass is 10.00. The molecule has 0 heterocycles. The third kappa shape index (κ3) is 5.33. The number of hydrogen-bond donors (Lipinski definition) is 1. The van der Waals surface area contributed by atoms with E-state index in [4.69, 9.17) is 0 Å². The number of benzene rings is 1. The molecule has 0 aliphatic carbocycles. The summed E-state index contributed by atoms with van der Waals surface area (Å²) in [4.78, 5) is 0. The molecule has 1 aromatic carbocycles. The highest BCUT2D eigenvalue weighted by atomic mass is 32.2. The molecule has 1 aromatic rings. The average molecular weight is 283 g/mol. The van der Waals surface area contributed by atoms with Gasteiger partial charge >= 0.3 is 0 Å². The zero-order chi connectivity index (χ0) is 14.5. The first-order valence-electron chi connectivity index (χ1n) is 6.95. The van der Waals surface area contributed by atoms with E-state index in [9.17, 15) is 8.42 Å². The van der Waals surface area contributed by atoms with Crippen LogP contribution < -0.4 is 4.72 Å². The third-order valence-corrected chi connectivity index (χ3v) is 4.76. The minimum absolute atomic E-state index is 0.178. The van der Waals surface area contributed by atoms with E-state index in [2.05, 4.69) is 30.7 Å². The molecule has 3 nitrogen and oxygen atoms in total. The van der Waals surface area contributed by atoms with Crippen molar-refractivity contribution in [3.63, 3.8) is 0 Å². The minimum Gasteiger partial charge on any atom is -0.212 e. The molecule has 4 heteroatoms. The van der Waals surface area contributed by atoms with Gasteiger partial charge in [-0.05, 0) is 30.4 Å². The van der Waals surface area contributed by atoms with Crippen LogP contribution in [-0.2, 0) is 10.0 Å². The van der Waals surface area contributed by atoms with Crippen LogP contribution in [0.5, 0.6) is 0 Å². The quantitative estimate of drug-likeness (QED) is 0.831. The van der Waals surface area contributed by atoms with E-state index < -0.39 is 10.0 Å². The van der Waals surface area contributed by atoms with Gasteiger partial charge in [-0.1, -0.05) is 51.5 Å². The van der Waals surface area contributed by atoms with Crippen molar-refractivity contribution in [2.75, 3.05) is 5.75 Å². The minimum atomic E-state index is -3.17. The molecule has 0 fully saturated rings. The van der Waals surface area contributed by atoms with Crippen LogP contribution in [0, 0.1) is 0 Å². The van der Waals surface area contributed by atoms with E-state index in [1.54, 1.807) is 0 Å². The van der Waals surface area contributed by atoms with Gasteiger partial charge in [0.2, 0.25) is 10.0 Å². The smallest absolute Gasteiger partial charge is 0.212 e. The van der Waals surface area contributed by atoms with Crippen LogP contribution in [-0.4, -0.2) is 14.2 Å². The summed E-state index contributed by atoms with van der Waals surface area (Å²) >= 11 is 0. The van der Waals surface area contributed by atoms with Gasteiger partial charge in [0.05, 0.1) is 5.75 Å². The molecule has 1 atom stereocenters. The molecule has 0 aliphatic heterocycles. The van der Waals surface area contributed by atoms with Gasteiger partial charge in [-0.3, -0.25) is 0 Å². The van der Waals surface area contributed by atoms with Crippen LogP contribution in [0.15, 0.2) is 24.3 Å². The van der Waals surface area contributed by atoms with Crippen LogP contribution in [0.25, 0.3) is 0 Å². The molecule has 108 valence electrons. The third-order valence-electron chi connectivity index (χ3n) is 3.23. The second-order valence-corrected chi connectivity index (χ2v) is 7.21. The first kappa shape index (κ1) is 16.2. The van der Waals surface area contributed by atoms with Crippen LogP contribution in [0.3, 0.4) is 0 Å². The zero-order valence-corrected chi connectivity index (χ0v) is 13.1. The maximum absolute atomic E-state index is 11.8. The molecule has 0 bridgehead atoms. The molecule has 1 N–H and O–H groups in total. The Morgan fingerprint density at radius 1 is 1.05 bits per heavy atom. The monoisotopic (exact) mass is 283 g/mol. The highest BCUT2D eigenvalue weighted by Gasteiger charge is 2.15. The van der Waals surface area contributed by atoms with E-state index in [-0.39, 0.29) is 11.8 Å². The molecule has 0 saturated carbocycles. The summed E-state index contributed by atoms with van der Waals surface area (Å²) < 4.78 is 26.4. The van der Waals surface area contributed by atoms with Gasteiger partial charge in [0.1, 0.15) is 0 Å². The van der Waals surface area contributed by atoms with Crippen LogP contribution in [0.1, 0.15) is 63.6 Å². The molecule has 19 heavy (non-hydrogen) atoms. The van der Waals surface area contributed by atoms with Crippen molar-refractivity contribution >= 4 is 10.0 Å². The maximum atomic E-state index is 11.8. The summed E-state index contributed by atoms with van der Waals surface area (Å²) in [7, 11) is -3.17. The number of unbranched alkanes of at least 4 members (excludes halogenated alkanes) is 1. The molecule has 0 aliphatic rings. The lowest BCUT2D eigenvalue weighted by molar-refractivity contribution is 0.563. The normalized spacial score (nSPS) is 13.7. The van der Waals surface area contributed by atoms with Crippen LogP contribution in [0.2, 0.25) is 0 Å². The Labute approximate surface area is 117 Å². The lowest BCUT2D eigenvalue weighted by Crippen LogP contribution is -2.29. The van der Waals surface area contributed by atoms with Crippen molar-refractivity contribution in [2.45, 2.75) is 52.5 Å². The molecule has 0 aromatic heterocycles. The molecule has 0 saturated heterocycles. The number of rotatable bonds is 7. The van der Waals surface area contributed by atoms with Gasteiger partial charge in [0, 0.05) is 6.04 Å². The Morgan fingerprint density at radius 2 is 1.58 bits per heavy atom. The molecule has 0 spiro atoms. The van der Waals surface area contributed by atoms with Crippen molar-refractivity contribution in [3.8, 4) is 0 Å². The summed E-state index contributed by atoms with van der Waals surface area (Å²) in [5.41, 5.74) is 2.27. The second-order valence-electron chi connectivity index (χ2n) is 5.33. The summed E-state index contributed by atoms with van der Waals surface area (Å²) in [6, 6.07) is 7.96. The van der Waals surface area contributed by atoms with Crippen molar-refractivity contribution < 1.29 is 8.42 Å². The summed E-state index contributed by atoms with van der Waals surface area (Å²) in [6.07, 6.45) is 1.59. The second kappa shape index (κ2) is 7.06. The first-order valence-corrected chi connectivity index (χ1v) is 8.60. The van der Waals surface area contributed by atoms with E-state index >= 15 is 0 Å². The van der Waals surface area contributed by atoms with Gasteiger partial charge in [0.15, 0.2) is 0 Å². The predicted molar refractivity (Wildman–Crippen MR) is 80.8 cm³/mol. The highest BCUT2D eigenvalue weighted by Crippen LogP contribution is 2.19. The number of hydrogen-bond acceptors (Lipinski definition) is 2. The fraction of sp³-hybridized carbons (Fsp3) is 0.600. The Balaban J connectivity index is 2.70. The zero-order valence-electron chi connectivity index (χ0n) is 12.3. The maximum Gasteiger partial charge on any atom is 0.212 e. The number of sulfonamides is 1. The summed E-state index contributed by atoms with van der Waals surface area (Å²) in [5.74, 6) is 0.698. The Hall–Kier alpha value is -0.870. The molecule has 1 rings (SSSR count). The van der Waals surface area contributed by atoms with E-state index in [1.807, 2.05) is 26.0 Å². The van der Waals surface area contributed by atoms with E-state index in [0.717, 1.165) is 12.0 Å². The van der Waals surface area contributed by atoms with Gasteiger partial charge < -0.3 is 0 Å². The molecular formula is C15H25NO2S. The van der Waals surface area contributed by atoms with Gasteiger partial charge in [0.25, 0.3) is 0 Å². The fourth-order valence-corrected chi connectivity index (χ4v) is 3.36. The van der Waals surface area contributed by atoms with Gasteiger partial charge in [-0.2, -0.15) is 0 Å². The van der Waals surface area contributed by atoms with Crippen molar-refractivity contribution in [3.05, 3.63) is 35.4 Å². The standard InChI is InChI=1S/C15H25NO2S/c1-5-6-11-19(17,18)16-13(4)15-9-7-14(8-10-15)12(2)3/h7-10,12-13,16H,5-6,11H2,1-4H3. The van der Waals surface area contributed by atoms with Crippen molar-refractivity contribution in [1.82, 2.24) is 4.72 Å². The Kier molecular flexibility index (Phi) is 6.01. The molecular weight excluding hydrogens is 258 g/mol. The fourth-order valence-electron chi connectivity index (χ4n) is 1.90. The lowest BCUT2D eigenvalue weighted by Gasteiger charge is -2.15. The van der Waals surface area contributed by atoms with Crippen molar-refractivity contribution in [2.24, 2.45) is 0 Å². The van der Waals surface area contributed by atoms with Crippen molar-refractivity contribution in [1.29, 1.82) is 0 Å². The first-order chi connectivity index (χ1) is 8.85. The van der Waals surface area contributed by atoms with Crippen LogP contribution >= 0.6 is 0 Å². The molecule has 0 amide bonds. The summed E-state index contributed by atoms with van der Waals surface area (Å²) in [5, 5.41) is 0. The van der Waals surface area contributed by atoms with Gasteiger partial charge in [-0.25, -0.2) is 13.1 Å². The van der Waals surface area contributed by atoms with Gasteiger partial charge in [-0.15, -0.1) is 0 Å². The molecule has 0 radical (unpaired) electrons. The number of nitrogens with one attached hydrogen (secondary N) is 1. The SMILES string of the molecule is CCCCS(=O)(=O)NC(C)c1ccc(C(C)C)cc1. The summed E-state index contributed by atoms with van der Waals surface area (Å²) in [6.45, 7) is 8.16. The molecule has 1 unspecified atom stereocenters. The van der Waals surface area contributed by atoms with Crippen LogP contribution in [0.4, 0.5) is 0 Å². The van der Waals surface area contributed by atoms with E-state index in [1.165, 1.54) is 5.56 Å². The Bertz CT molecular complexity index is 477.